The molecule has 4 atom stereocenters. The van der Waals surface area contributed by atoms with Crippen molar-refractivity contribution in [1.82, 2.24) is 4.90 Å². The van der Waals surface area contributed by atoms with Crippen LogP contribution in [-0.4, -0.2) is 50.5 Å². The zero-order valence-electron chi connectivity index (χ0n) is 13.0. The summed E-state index contributed by atoms with van der Waals surface area (Å²) in [6.45, 7) is 3.42. The lowest BCUT2D eigenvalue weighted by Crippen LogP contribution is -2.41. The van der Waals surface area contributed by atoms with Crippen molar-refractivity contribution in [3.8, 4) is 0 Å². The second-order valence-corrected chi connectivity index (χ2v) is 5.54. The zero-order chi connectivity index (χ0) is 15.4. The monoisotopic (exact) mass is 296 g/mol. The van der Waals surface area contributed by atoms with E-state index in [4.69, 9.17) is 15.2 Å². The molecular weight excluding hydrogens is 271 g/mol. The third kappa shape index (κ3) is 3.43. The van der Waals surface area contributed by atoms with Crippen molar-refractivity contribution in [3.63, 3.8) is 0 Å². The zero-order valence-corrected chi connectivity index (χ0v) is 13.0. The molecule has 1 aromatic carbocycles. The summed E-state index contributed by atoms with van der Waals surface area (Å²) in [4.78, 5) is 2.18. The average molecular weight is 296 g/mol. The van der Waals surface area contributed by atoms with Crippen molar-refractivity contribution >= 4 is 0 Å². The fourth-order valence-electron chi connectivity index (χ4n) is 3.09. The van der Waals surface area contributed by atoms with Gasteiger partial charge in [0.15, 0.2) is 0 Å². The molecule has 1 aromatic rings. The normalized spacial score (nSPS) is 26.0. The third-order valence-corrected chi connectivity index (χ3v) is 4.34. The molecule has 0 radical (unpaired) electrons. The number of hydrogen-bond acceptors (Lipinski definition) is 4. The van der Waals surface area contributed by atoms with Crippen LogP contribution in [0.1, 0.15) is 24.9 Å². The molecule has 4 unspecified atom stereocenters. The van der Waals surface area contributed by atoms with E-state index in [9.17, 15) is 4.39 Å². The number of hydrogen-bond donors (Lipinski definition) is 1. The highest BCUT2D eigenvalue weighted by Crippen LogP contribution is 2.31. The van der Waals surface area contributed by atoms with Crippen molar-refractivity contribution in [2.45, 2.75) is 37.6 Å². The number of nitrogens with zero attached hydrogens (tertiary/aromatic N) is 1. The molecule has 0 bridgehead atoms. The fraction of sp³-hybridized carbons (Fsp3) is 0.625. The molecule has 2 rings (SSSR count). The van der Waals surface area contributed by atoms with Gasteiger partial charge in [0.25, 0.3) is 0 Å². The minimum Gasteiger partial charge on any atom is -0.377 e. The first-order valence-electron chi connectivity index (χ1n) is 7.42. The smallest absolute Gasteiger partial charge is 0.128 e. The van der Waals surface area contributed by atoms with E-state index in [1.54, 1.807) is 20.3 Å². The molecule has 1 heterocycles. The van der Waals surface area contributed by atoms with Crippen molar-refractivity contribution in [1.29, 1.82) is 0 Å². The Hall–Kier alpha value is -1.01. The lowest BCUT2D eigenvalue weighted by molar-refractivity contribution is -0.00461. The molecule has 0 saturated carbocycles. The molecule has 0 spiro atoms. The topological polar surface area (TPSA) is 47.7 Å². The van der Waals surface area contributed by atoms with E-state index in [0.29, 0.717) is 18.7 Å². The number of nitrogens with two attached hydrogens (primary N) is 1. The number of likely N-dealkylation sites (tertiary alicyclic amines) is 1. The maximum absolute atomic E-state index is 14.2. The molecule has 5 heteroatoms. The van der Waals surface area contributed by atoms with Gasteiger partial charge in [0, 0.05) is 38.9 Å². The number of ether oxygens (including phenoxy) is 2. The first kappa shape index (κ1) is 16.4. The molecule has 0 amide bonds. The Balaban J connectivity index is 2.28. The minimum atomic E-state index is -0.207. The summed E-state index contributed by atoms with van der Waals surface area (Å²) in [5.74, 6) is -0.207. The van der Waals surface area contributed by atoms with Crippen LogP contribution in [0.4, 0.5) is 4.39 Å². The van der Waals surface area contributed by atoms with Gasteiger partial charge in [-0.25, -0.2) is 4.39 Å². The standard InChI is InChI=1S/C16H25FN2O2/c1-4-13(18)16(11-7-5-6-8-12(11)17)19-9-14(20-2)15(10-19)21-3/h5-8,13-16H,4,9-10,18H2,1-3H3. The summed E-state index contributed by atoms with van der Waals surface area (Å²) < 4.78 is 25.1. The SMILES string of the molecule is CCC(N)C(c1ccccc1F)N1CC(OC)C(OC)C1. The minimum absolute atomic E-state index is 0.00618. The number of halogens is 1. The Morgan fingerprint density at radius 3 is 2.29 bits per heavy atom. The van der Waals surface area contributed by atoms with Crippen LogP contribution in [0.15, 0.2) is 24.3 Å². The van der Waals surface area contributed by atoms with Gasteiger partial charge in [0.1, 0.15) is 5.82 Å². The van der Waals surface area contributed by atoms with Crippen LogP contribution in [0.2, 0.25) is 0 Å². The number of rotatable bonds is 6. The van der Waals surface area contributed by atoms with Gasteiger partial charge >= 0.3 is 0 Å². The Morgan fingerprint density at radius 1 is 1.24 bits per heavy atom. The molecule has 1 aliphatic heterocycles. The summed E-state index contributed by atoms with van der Waals surface area (Å²) in [6, 6.07) is 6.57. The van der Waals surface area contributed by atoms with Gasteiger partial charge in [0.05, 0.1) is 18.2 Å². The van der Waals surface area contributed by atoms with Gasteiger partial charge in [-0.15, -0.1) is 0 Å². The Bertz CT molecular complexity index is 446. The maximum atomic E-state index is 14.2. The predicted octanol–water partition coefficient (Wildman–Crippen LogP) is 1.95. The Kier molecular flexibility index (Phi) is 5.70. The average Bonchev–Trinajstić information content (AvgIpc) is 2.92. The molecule has 118 valence electrons. The van der Waals surface area contributed by atoms with Crippen LogP contribution in [0.5, 0.6) is 0 Å². The lowest BCUT2D eigenvalue weighted by Gasteiger charge is -2.32. The maximum Gasteiger partial charge on any atom is 0.128 e. The fourth-order valence-corrected chi connectivity index (χ4v) is 3.09. The Morgan fingerprint density at radius 2 is 1.81 bits per heavy atom. The second kappa shape index (κ2) is 7.31. The summed E-state index contributed by atoms with van der Waals surface area (Å²) in [5.41, 5.74) is 6.93. The van der Waals surface area contributed by atoms with Crippen LogP contribution in [0.3, 0.4) is 0 Å². The summed E-state index contributed by atoms with van der Waals surface area (Å²) in [7, 11) is 3.36. The molecule has 1 saturated heterocycles. The first-order valence-corrected chi connectivity index (χ1v) is 7.42. The van der Waals surface area contributed by atoms with Gasteiger partial charge < -0.3 is 15.2 Å². The van der Waals surface area contributed by atoms with Gasteiger partial charge in [-0.1, -0.05) is 25.1 Å². The molecule has 4 nitrogen and oxygen atoms in total. The van der Waals surface area contributed by atoms with Crippen molar-refractivity contribution in [2.75, 3.05) is 27.3 Å². The molecular formula is C16H25FN2O2. The summed E-state index contributed by atoms with van der Waals surface area (Å²) in [5, 5.41) is 0. The van der Waals surface area contributed by atoms with Gasteiger partial charge in [-0.05, 0) is 12.5 Å². The highest BCUT2D eigenvalue weighted by atomic mass is 19.1. The third-order valence-electron chi connectivity index (χ3n) is 4.34. The van der Waals surface area contributed by atoms with E-state index in [-0.39, 0.29) is 30.1 Å². The molecule has 2 N–H and O–H groups in total. The van der Waals surface area contributed by atoms with E-state index in [2.05, 4.69) is 4.90 Å². The quantitative estimate of drug-likeness (QED) is 0.871. The van der Waals surface area contributed by atoms with Crippen LogP contribution in [-0.2, 0) is 9.47 Å². The van der Waals surface area contributed by atoms with Crippen LogP contribution in [0, 0.1) is 5.82 Å². The largest absolute Gasteiger partial charge is 0.377 e. The number of methoxy groups -OCH3 is 2. The van der Waals surface area contributed by atoms with E-state index >= 15 is 0 Å². The molecule has 0 aromatic heterocycles. The van der Waals surface area contributed by atoms with E-state index in [1.165, 1.54) is 6.07 Å². The van der Waals surface area contributed by atoms with Crippen molar-refractivity contribution < 1.29 is 13.9 Å². The highest BCUT2D eigenvalue weighted by Gasteiger charge is 2.39. The molecule has 21 heavy (non-hydrogen) atoms. The summed E-state index contributed by atoms with van der Waals surface area (Å²) >= 11 is 0. The van der Waals surface area contributed by atoms with Crippen LogP contribution in [0.25, 0.3) is 0 Å². The molecule has 1 fully saturated rings. The van der Waals surface area contributed by atoms with Crippen molar-refractivity contribution in [2.24, 2.45) is 5.73 Å². The first-order chi connectivity index (χ1) is 10.1. The highest BCUT2D eigenvalue weighted by molar-refractivity contribution is 5.23. The molecule has 1 aliphatic rings. The lowest BCUT2D eigenvalue weighted by atomic mass is 9.96. The van der Waals surface area contributed by atoms with Gasteiger partial charge in [0.2, 0.25) is 0 Å². The van der Waals surface area contributed by atoms with E-state index < -0.39 is 0 Å². The van der Waals surface area contributed by atoms with Crippen LogP contribution >= 0.6 is 0 Å². The van der Waals surface area contributed by atoms with E-state index in [1.807, 2.05) is 19.1 Å². The second-order valence-electron chi connectivity index (χ2n) is 5.54. The Labute approximate surface area is 126 Å². The van der Waals surface area contributed by atoms with Crippen LogP contribution < -0.4 is 5.73 Å². The van der Waals surface area contributed by atoms with Gasteiger partial charge in [-0.2, -0.15) is 0 Å². The van der Waals surface area contributed by atoms with E-state index in [0.717, 1.165) is 6.42 Å². The van der Waals surface area contributed by atoms with Gasteiger partial charge in [-0.3, -0.25) is 4.90 Å². The summed E-state index contributed by atoms with van der Waals surface area (Å²) in [6.07, 6.45) is 0.770. The molecule has 0 aliphatic carbocycles. The number of benzene rings is 1. The predicted molar refractivity (Wildman–Crippen MR) is 80.6 cm³/mol. The van der Waals surface area contributed by atoms with Crippen molar-refractivity contribution in [3.05, 3.63) is 35.6 Å².